The number of rotatable bonds is 10. The number of aliphatic hydroxyl groups excluding tert-OH is 1. The first-order chi connectivity index (χ1) is 17.6. The molecule has 14 heteroatoms. The fraction of sp³-hybridized carbons (Fsp3) is 0.591. The van der Waals surface area contributed by atoms with Gasteiger partial charge >= 0.3 is 19.7 Å². The lowest BCUT2D eigenvalue weighted by Crippen LogP contribution is -2.60. The van der Waals surface area contributed by atoms with E-state index in [2.05, 4.69) is 5.09 Å². The molecule has 1 aromatic carbocycles. The molecule has 0 aromatic heterocycles. The van der Waals surface area contributed by atoms with Gasteiger partial charge < -0.3 is 24.2 Å². The van der Waals surface area contributed by atoms with Crippen LogP contribution in [0.3, 0.4) is 0 Å². The summed E-state index contributed by atoms with van der Waals surface area (Å²) in [6, 6.07) is 5.61. The largest absolute Gasteiger partial charge is 0.462 e. The van der Waals surface area contributed by atoms with Gasteiger partial charge in [0.1, 0.15) is 29.6 Å². The first-order valence-corrected chi connectivity index (χ1v) is 12.8. The number of carbonyl (C=O) groups is 3. The predicted molar refractivity (Wildman–Crippen MR) is 125 cm³/mol. The molecule has 36 heavy (non-hydrogen) atoms. The molecule has 0 spiro atoms. The molecule has 2 heterocycles. The molecule has 3 rings (SSSR count). The van der Waals surface area contributed by atoms with Gasteiger partial charge in [0.05, 0.1) is 15.5 Å². The van der Waals surface area contributed by atoms with Gasteiger partial charge in [0.2, 0.25) is 5.91 Å². The third-order valence-corrected chi connectivity index (χ3v) is 6.94. The quantitative estimate of drug-likeness (QED) is 0.250. The van der Waals surface area contributed by atoms with E-state index in [4.69, 9.17) is 21.3 Å². The molecule has 200 valence electrons. The van der Waals surface area contributed by atoms with Crippen LogP contribution in [0.15, 0.2) is 30.3 Å². The van der Waals surface area contributed by atoms with Gasteiger partial charge in [0, 0.05) is 12.9 Å². The topological polar surface area (TPSA) is 173 Å². The van der Waals surface area contributed by atoms with Gasteiger partial charge in [-0.2, -0.15) is 5.09 Å². The number of carbonyl (C=O) groups excluding carboxylic acids is 3. The second kappa shape index (κ2) is 11.2. The normalized spacial score (nSPS) is 31.2. The molecule has 6 atom stereocenters. The SMILES string of the molecule is [2H]C1([2H])CC(=O)NC(=O)N1[C@@H]1O[C@H](CO[P@@](=O)(N[C@@H](C)C(=O)OC(C)C)Oc2ccccc2)[C@@H](O)[C@@]1(C)O. The highest BCUT2D eigenvalue weighted by Crippen LogP contribution is 2.46. The van der Waals surface area contributed by atoms with Gasteiger partial charge in [0.25, 0.3) is 0 Å². The fourth-order valence-electron chi connectivity index (χ4n) is 3.50. The number of esters is 1. The Morgan fingerprint density at radius 1 is 1.36 bits per heavy atom. The maximum atomic E-state index is 13.6. The van der Waals surface area contributed by atoms with Crippen molar-refractivity contribution in [2.24, 2.45) is 0 Å². The molecule has 2 fully saturated rings. The molecule has 0 aliphatic carbocycles. The number of para-hydroxylation sites is 1. The van der Waals surface area contributed by atoms with Gasteiger partial charge in [-0.05, 0) is 39.8 Å². The number of ether oxygens (including phenoxy) is 2. The Kier molecular flexibility index (Phi) is 7.85. The lowest BCUT2D eigenvalue weighted by Gasteiger charge is -2.37. The van der Waals surface area contributed by atoms with Crippen LogP contribution in [-0.4, -0.2) is 82.3 Å². The van der Waals surface area contributed by atoms with Crippen molar-refractivity contribution in [3.05, 3.63) is 30.3 Å². The number of urea groups is 1. The summed E-state index contributed by atoms with van der Waals surface area (Å²) in [6.45, 7) is 2.57. The molecule has 0 bridgehead atoms. The van der Waals surface area contributed by atoms with Crippen molar-refractivity contribution < 1.29 is 50.4 Å². The minimum Gasteiger partial charge on any atom is -0.462 e. The maximum Gasteiger partial charge on any atom is 0.459 e. The van der Waals surface area contributed by atoms with E-state index in [1.54, 1.807) is 32.0 Å². The number of hydrogen-bond donors (Lipinski definition) is 4. The minimum absolute atomic E-state index is 0.133. The molecule has 2 aliphatic rings. The van der Waals surface area contributed by atoms with Crippen molar-refractivity contribution in [1.29, 1.82) is 0 Å². The molecular weight excluding hydrogens is 497 g/mol. The monoisotopic (exact) mass is 531 g/mol. The summed E-state index contributed by atoms with van der Waals surface area (Å²) in [5.74, 6) is -1.45. The van der Waals surface area contributed by atoms with Crippen LogP contribution >= 0.6 is 7.75 Å². The van der Waals surface area contributed by atoms with Crippen LogP contribution in [0.5, 0.6) is 5.75 Å². The summed E-state index contributed by atoms with van der Waals surface area (Å²) < 4.78 is 51.6. The smallest absolute Gasteiger partial charge is 0.459 e. The highest BCUT2D eigenvalue weighted by molar-refractivity contribution is 7.52. The molecule has 3 amide bonds. The van der Waals surface area contributed by atoms with E-state index in [1.807, 2.05) is 5.32 Å². The summed E-state index contributed by atoms with van der Waals surface area (Å²) in [5, 5.41) is 26.1. The number of nitrogens with zero attached hydrogens (tertiary/aromatic N) is 1. The van der Waals surface area contributed by atoms with Crippen molar-refractivity contribution in [3.63, 3.8) is 0 Å². The molecule has 1 aromatic rings. The van der Waals surface area contributed by atoms with Gasteiger partial charge in [-0.1, -0.05) is 18.2 Å². The average molecular weight is 531 g/mol. The summed E-state index contributed by atoms with van der Waals surface area (Å²) in [6.07, 6.45) is -6.07. The van der Waals surface area contributed by atoms with Crippen molar-refractivity contribution in [1.82, 2.24) is 15.3 Å². The Morgan fingerprint density at radius 2 is 2.03 bits per heavy atom. The summed E-state index contributed by atoms with van der Waals surface area (Å²) in [5.41, 5.74) is -2.22. The zero-order valence-corrected chi connectivity index (χ0v) is 21.1. The Labute approximate surface area is 211 Å². The van der Waals surface area contributed by atoms with Crippen LogP contribution in [0.2, 0.25) is 0 Å². The maximum absolute atomic E-state index is 13.6. The third kappa shape index (κ3) is 6.61. The van der Waals surface area contributed by atoms with E-state index in [9.17, 15) is 29.2 Å². The lowest BCUT2D eigenvalue weighted by molar-refractivity contribution is -0.149. The molecule has 0 saturated carbocycles. The Morgan fingerprint density at radius 3 is 2.64 bits per heavy atom. The van der Waals surface area contributed by atoms with Crippen molar-refractivity contribution in [3.8, 4) is 5.75 Å². The highest BCUT2D eigenvalue weighted by Gasteiger charge is 2.56. The number of amides is 3. The van der Waals surface area contributed by atoms with Gasteiger partial charge in [-0.3, -0.25) is 24.3 Å². The first-order valence-electron chi connectivity index (χ1n) is 12.2. The predicted octanol–water partition coefficient (Wildman–Crippen LogP) is 0.898. The van der Waals surface area contributed by atoms with E-state index in [0.717, 1.165) is 6.92 Å². The summed E-state index contributed by atoms with van der Waals surface area (Å²) >= 11 is 0. The first kappa shape index (κ1) is 25.1. The second-order valence-electron chi connectivity index (χ2n) is 8.79. The summed E-state index contributed by atoms with van der Waals surface area (Å²) in [7, 11) is -4.35. The average Bonchev–Trinajstić information content (AvgIpc) is 3.00. The van der Waals surface area contributed by atoms with Crippen LogP contribution in [-0.2, 0) is 28.2 Å². The van der Waals surface area contributed by atoms with Gasteiger partial charge in [0.15, 0.2) is 6.23 Å². The second-order valence-corrected chi connectivity index (χ2v) is 10.5. The van der Waals surface area contributed by atoms with Gasteiger partial charge in [-0.15, -0.1) is 0 Å². The number of imide groups is 1. The van der Waals surface area contributed by atoms with Crippen molar-refractivity contribution >= 4 is 25.7 Å². The number of nitrogens with one attached hydrogen (secondary N) is 2. The van der Waals surface area contributed by atoms with Crippen LogP contribution in [0.25, 0.3) is 0 Å². The Bertz CT molecular complexity index is 1090. The van der Waals surface area contributed by atoms with E-state index in [0.29, 0.717) is 4.90 Å². The summed E-state index contributed by atoms with van der Waals surface area (Å²) in [4.78, 5) is 36.8. The molecule has 0 radical (unpaired) electrons. The van der Waals surface area contributed by atoms with Crippen molar-refractivity contribution in [2.45, 2.75) is 70.3 Å². The lowest BCUT2D eigenvalue weighted by atomic mass is 9.96. The van der Waals surface area contributed by atoms with E-state index in [1.165, 1.54) is 19.1 Å². The van der Waals surface area contributed by atoms with E-state index < -0.39 is 81.4 Å². The molecule has 0 unspecified atom stereocenters. The minimum atomic E-state index is -4.35. The van der Waals surface area contributed by atoms with Crippen LogP contribution in [0, 0.1) is 0 Å². The third-order valence-electron chi connectivity index (χ3n) is 5.30. The van der Waals surface area contributed by atoms with E-state index in [-0.39, 0.29) is 5.75 Å². The molecule has 4 N–H and O–H groups in total. The fourth-order valence-corrected chi connectivity index (χ4v) is 5.00. The molecular formula is C22H32N3O10P. The number of aliphatic hydroxyl groups is 2. The standard InChI is InChI=1S/C22H32N3O10P/c1-13(2)33-19(28)14(3)24-36(31,35-15-8-6-5-7-9-15)32-12-16-18(27)22(4,30)20(34-16)25-11-10-17(26)23-21(25)29/h5-9,13-14,16,18,20,27,30H,10-12H2,1-4H3,(H,24,31)(H,23,26,29)/t14-,16+,18+,20+,22+,36-/m0/s1/i11D2. The van der Waals surface area contributed by atoms with Crippen molar-refractivity contribution in [2.75, 3.05) is 13.1 Å². The van der Waals surface area contributed by atoms with E-state index >= 15 is 0 Å². The zero-order valence-electron chi connectivity index (χ0n) is 22.2. The number of benzene rings is 1. The molecule has 13 nitrogen and oxygen atoms in total. The molecule has 2 aliphatic heterocycles. The Balaban J connectivity index is 1.79. The van der Waals surface area contributed by atoms with Crippen LogP contribution in [0.1, 0.15) is 36.9 Å². The zero-order chi connectivity index (χ0) is 28.5. The van der Waals surface area contributed by atoms with Crippen LogP contribution < -0.4 is 14.9 Å². The Hall–Kier alpha value is -2.54. The molecule has 2 saturated heterocycles. The highest BCUT2D eigenvalue weighted by atomic mass is 31.2. The van der Waals surface area contributed by atoms with Crippen LogP contribution in [0.4, 0.5) is 4.79 Å². The number of hydrogen-bond acceptors (Lipinski definition) is 10. The van der Waals surface area contributed by atoms with Gasteiger partial charge in [-0.25, -0.2) is 9.36 Å².